The van der Waals surface area contributed by atoms with Gasteiger partial charge in [-0.05, 0) is 106 Å². The maximum Gasteiger partial charge on any atom is 0.133 e. The van der Waals surface area contributed by atoms with Crippen molar-refractivity contribution in [1.82, 2.24) is 30.0 Å². The Labute approximate surface area is 241 Å². The molecule has 0 aliphatic carbocycles. The Morgan fingerprint density at radius 3 is 1.47 bits per heavy atom. The van der Waals surface area contributed by atoms with Crippen molar-refractivity contribution in [1.29, 1.82) is 0 Å². The van der Waals surface area contributed by atoms with Crippen molar-refractivity contribution >= 4 is 31.9 Å². The number of unbranched alkanes of at least 4 members (excludes halogenated alkanes) is 3. The summed E-state index contributed by atoms with van der Waals surface area (Å²) >= 11 is 7.09. The maximum absolute atomic E-state index is 5.30. The Bertz CT molecular complexity index is 1210. The van der Waals surface area contributed by atoms with Crippen molar-refractivity contribution in [2.75, 3.05) is 14.2 Å². The monoisotopic (exact) mass is 644 g/mol. The van der Waals surface area contributed by atoms with Gasteiger partial charge in [-0.2, -0.15) is 0 Å². The molecule has 0 N–H and O–H groups in total. The van der Waals surface area contributed by atoms with E-state index in [4.69, 9.17) is 9.47 Å². The molecule has 0 saturated carbocycles. The quantitative estimate of drug-likeness (QED) is 0.142. The molecule has 0 radical (unpaired) electrons. The molecule has 0 unspecified atom stereocenters. The molecule has 0 aliphatic heterocycles. The average Bonchev–Trinajstić information content (AvgIpc) is 3.58. The molecule has 2 aromatic carbocycles. The maximum atomic E-state index is 5.30. The van der Waals surface area contributed by atoms with E-state index in [1.165, 1.54) is 24.0 Å². The fraction of sp³-hybridized carbons (Fsp3) is 0.429. The molecule has 4 rings (SSSR count). The summed E-state index contributed by atoms with van der Waals surface area (Å²) in [6, 6.07) is 12.3. The number of methoxy groups -OCH3 is 2. The van der Waals surface area contributed by atoms with E-state index >= 15 is 0 Å². The number of benzene rings is 2. The molecule has 38 heavy (non-hydrogen) atoms. The number of halogens is 2. The zero-order valence-electron chi connectivity index (χ0n) is 21.9. The summed E-state index contributed by atoms with van der Waals surface area (Å²) in [6.45, 7) is 1.62. The summed E-state index contributed by atoms with van der Waals surface area (Å²) in [5, 5.41) is 17.3. The molecule has 0 saturated heterocycles. The zero-order chi connectivity index (χ0) is 26.7. The molecule has 2 aromatic heterocycles. The Kier molecular flexibility index (Phi) is 10.7. The smallest absolute Gasteiger partial charge is 0.133 e. The highest BCUT2D eigenvalue weighted by Gasteiger charge is 2.06. The van der Waals surface area contributed by atoms with Gasteiger partial charge in [0, 0.05) is 25.5 Å². The largest absolute Gasteiger partial charge is 0.496 e. The first-order valence-electron chi connectivity index (χ1n) is 13.0. The predicted octanol–water partition coefficient (Wildman–Crippen LogP) is 6.24. The van der Waals surface area contributed by atoms with Crippen LogP contribution in [0.2, 0.25) is 0 Å². The van der Waals surface area contributed by atoms with Gasteiger partial charge in [-0.15, -0.1) is 10.2 Å². The van der Waals surface area contributed by atoms with Crippen LogP contribution in [0.4, 0.5) is 0 Å². The lowest BCUT2D eigenvalue weighted by atomic mass is 10.1. The predicted molar refractivity (Wildman–Crippen MR) is 155 cm³/mol. The molecule has 0 fully saturated rings. The lowest BCUT2D eigenvalue weighted by Crippen LogP contribution is -2.02. The molecule has 8 nitrogen and oxygen atoms in total. The van der Waals surface area contributed by atoms with Crippen molar-refractivity contribution < 1.29 is 9.47 Å². The highest BCUT2D eigenvalue weighted by Crippen LogP contribution is 2.26. The van der Waals surface area contributed by atoms with Gasteiger partial charge >= 0.3 is 0 Å². The second kappa shape index (κ2) is 14.4. The summed E-state index contributed by atoms with van der Waals surface area (Å²) < 4.78 is 16.4. The minimum absolute atomic E-state index is 0.810. The number of aryl methyl sites for hydroxylation is 6. The number of nitrogens with zero attached hydrogens (tertiary/aromatic N) is 6. The third kappa shape index (κ3) is 8.39. The fourth-order valence-corrected chi connectivity index (χ4v) is 5.48. The van der Waals surface area contributed by atoms with Crippen LogP contribution in [0.15, 0.2) is 57.7 Å². The zero-order valence-corrected chi connectivity index (χ0v) is 25.1. The van der Waals surface area contributed by atoms with Crippen molar-refractivity contribution in [3.63, 3.8) is 0 Å². The van der Waals surface area contributed by atoms with Crippen LogP contribution in [0.25, 0.3) is 0 Å². The topological polar surface area (TPSA) is 79.9 Å². The van der Waals surface area contributed by atoms with E-state index in [2.05, 4.69) is 89.1 Å². The highest BCUT2D eigenvalue weighted by atomic mass is 79.9. The molecule has 0 amide bonds. The second-order valence-electron chi connectivity index (χ2n) is 9.30. The third-order valence-electron chi connectivity index (χ3n) is 6.48. The van der Waals surface area contributed by atoms with Gasteiger partial charge in [0.1, 0.15) is 11.5 Å². The van der Waals surface area contributed by atoms with E-state index in [1.807, 2.05) is 21.5 Å². The number of hydrogen-bond donors (Lipinski definition) is 0. The number of hydrogen-bond acceptors (Lipinski definition) is 6. The molecule has 0 aliphatic rings. The minimum Gasteiger partial charge on any atom is -0.496 e. The van der Waals surface area contributed by atoms with Crippen LogP contribution in [0.1, 0.15) is 48.2 Å². The van der Waals surface area contributed by atoms with Crippen molar-refractivity contribution in [2.45, 2.75) is 64.5 Å². The Hall–Kier alpha value is -2.72. The summed E-state index contributed by atoms with van der Waals surface area (Å²) in [6.07, 6.45) is 12.5. The molecule has 2 heterocycles. The standard InChI is InChI=1S/C28H34Br2N6O2/c1-37-27-11-9-21(17-25(27)29)13-15-35-19-23(31-33-35)7-5-3-4-6-8-24-20-36(34-32-24)16-14-22-10-12-28(38-2)26(30)18-22/h9-12,17-20H,3-8,13-16H2,1-2H3. The Morgan fingerprint density at radius 1 is 0.632 bits per heavy atom. The number of rotatable bonds is 15. The fourth-order valence-electron chi connectivity index (χ4n) is 4.31. The average molecular weight is 646 g/mol. The van der Waals surface area contributed by atoms with E-state index in [9.17, 15) is 0 Å². The SMILES string of the molecule is COc1ccc(CCn2cc(CCCCCCc3cn(CCc4ccc(OC)c(Br)c4)nn3)nn2)cc1Br. The van der Waals surface area contributed by atoms with Crippen LogP contribution in [-0.4, -0.2) is 44.2 Å². The minimum atomic E-state index is 0.810. The highest BCUT2D eigenvalue weighted by molar-refractivity contribution is 9.10. The van der Waals surface area contributed by atoms with Crippen LogP contribution >= 0.6 is 31.9 Å². The first-order chi connectivity index (χ1) is 18.5. The first-order valence-corrected chi connectivity index (χ1v) is 14.6. The van der Waals surface area contributed by atoms with E-state index in [0.29, 0.717) is 0 Å². The Balaban J connectivity index is 1.09. The normalized spacial score (nSPS) is 11.2. The Morgan fingerprint density at radius 2 is 1.08 bits per heavy atom. The molecular weight excluding hydrogens is 612 g/mol. The van der Waals surface area contributed by atoms with Gasteiger partial charge in [-0.3, -0.25) is 9.36 Å². The van der Waals surface area contributed by atoms with Crippen molar-refractivity contribution in [3.8, 4) is 11.5 Å². The van der Waals surface area contributed by atoms with Crippen molar-refractivity contribution in [3.05, 3.63) is 80.3 Å². The molecule has 202 valence electrons. The number of aromatic nitrogens is 6. The van der Waals surface area contributed by atoms with Gasteiger partial charge in [-0.25, -0.2) is 0 Å². The van der Waals surface area contributed by atoms with E-state index < -0.39 is 0 Å². The lowest BCUT2D eigenvalue weighted by Gasteiger charge is -2.06. The molecule has 0 atom stereocenters. The van der Waals surface area contributed by atoms with Gasteiger partial charge in [-0.1, -0.05) is 35.4 Å². The molecule has 4 aromatic rings. The molecule has 0 spiro atoms. The van der Waals surface area contributed by atoms with Gasteiger partial charge in [0.2, 0.25) is 0 Å². The van der Waals surface area contributed by atoms with Crippen molar-refractivity contribution in [2.24, 2.45) is 0 Å². The van der Waals surface area contributed by atoms with Crippen LogP contribution in [0.3, 0.4) is 0 Å². The van der Waals surface area contributed by atoms with Gasteiger partial charge in [0.05, 0.1) is 34.6 Å². The summed E-state index contributed by atoms with van der Waals surface area (Å²) in [4.78, 5) is 0. The summed E-state index contributed by atoms with van der Waals surface area (Å²) in [5.41, 5.74) is 4.60. The molecule has 10 heteroatoms. The van der Waals surface area contributed by atoms with Gasteiger partial charge in [0.15, 0.2) is 0 Å². The number of ether oxygens (including phenoxy) is 2. The van der Waals surface area contributed by atoms with E-state index in [-0.39, 0.29) is 0 Å². The summed E-state index contributed by atoms with van der Waals surface area (Å²) in [5.74, 6) is 1.69. The molecular formula is C28H34Br2N6O2. The third-order valence-corrected chi connectivity index (χ3v) is 7.72. The van der Waals surface area contributed by atoms with E-state index in [0.717, 1.165) is 83.4 Å². The first kappa shape index (κ1) is 28.3. The summed E-state index contributed by atoms with van der Waals surface area (Å²) in [7, 11) is 3.35. The van der Waals surface area contributed by atoms with Gasteiger partial charge in [0.25, 0.3) is 0 Å². The van der Waals surface area contributed by atoms with Crippen LogP contribution in [0.5, 0.6) is 11.5 Å². The van der Waals surface area contributed by atoms with Gasteiger partial charge < -0.3 is 9.47 Å². The van der Waals surface area contributed by atoms with Crippen LogP contribution in [0, 0.1) is 0 Å². The molecule has 0 bridgehead atoms. The van der Waals surface area contributed by atoms with E-state index in [1.54, 1.807) is 14.2 Å². The lowest BCUT2D eigenvalue weighted by molar-refractivity contribution is 0.412. The van der Waals surface area contributed by atoms with Crippen LogP contribution in [-0.2, 0) is 38.8 Å². The van der Waals surface area contributed by atoms with Crippen LogP contribution < -0.4 is 9.47 Å². The second-order valence-corrected chi connectivity index (χ2v) is 11.0.